The smallest absolute Gasteiger partial charge is 0.270 e. The predicted octanol–water partition coefficient (Wildman–Crippen LogP) is 5.23. The van der Waals surface area contributed by atoms with E-state index in [4.69, 9.17) is 11.6 Å². The standard InChI is InChI=1S/C17H11ClN2O3S/c18-16-9-14(20(22)23)4-5-15(16)17(21)19-13-3-1-2-11(8-13)12-6-7-24-10-12/h1-10H,(H,19,21). The van der Waals surface area contributed by atoms with Crippen molar-refractivity contribution >= 4 is 40.2 Å². The number of non-ortho nitro benzene ring substituents is 1. The number of nitrogens with zero attached hydrogens (tertiary/aromatic N) is 1. The number of carbonyl (C=O) groups is 1. The van der Waals surface area contributed by atoms with Crippen molar-refractivity contribution in [2.75, 3.05) is 5.32 Å². The van der Waals surface area contributed by atoms with E-state index in [2.05, 4.69) is 5.32 Å². The van der Waals surface area contributed by atoms with Crippen molar-refractivity contribution in [2.45, 2.75) is 0 Å². The average Bonchev–Trinajstić information content (AvgIpc) is 3.09. The minimum atomic E-state index is -0.558. The molecule has 0 saturated heterocycles. The lowest BCUT2D eigenvalue weighted by Crippen LogP contribution is -2.12. The molecule has 3 rings (SSSR count). The Bertz CT molecular complexity index is 910. The summed E-state index contributed by atoms with van der Waals surface area (Å²) in [6, 6.07) is 13.2. The first-order valence-electron chi connectivity index (χ1n) is 6.92. The molecule has 0 atom stereocenters. The Labute approximate surface area is 146 Å². The number of nitro groups is 1. The molecule has 0 unspecified atom stereocenters. The third kappa shape index (κ3) is 3.45. The van der Waals surface area contributed by atoms with Crippen LogP contribution in [0.5, 0.6) is 0 Å². The Balaban J connectivity index is 1.83. The van der Waals surface area contributed by atoms with Crippen molar-refractivity contribution in [3.05, 3.63) is 80.0 Å². The van der Waals surface area contributed by atoms with Crippen LogP contribution in [0.25, 0.3) is 11.1 Å². The number of hydrogen-bond acceptors (Lipinski definition) is 4. The second-order valence-corrected chi connectivity index (χ2v) is 6.16. The van der Waals surface area contributed by atoms with Crippen LogP contribution in [0, 0.1) is 10.1 Å². The van der Waals surface area contributed by atoms with Gasteiger partial charge in [-0.25, -0.2) is 0 Å². The third-order valence-electron chi connectivity index (χ3n) is 3.38. The van der Waals surface area contributed by atoms with Crippen LogP contribution < -0.4 is 5.32 Å². The number of amides is 1. The first-order chi connectivity index (χ1) is 11.5. The molecule has 7 heteroatoms. The summed E-state index contributed by atoms with van der Waals surface area (Å²) in [7, 11) is 0. The maximum atomic E-state index is 12.4. The van der Waals surface area contributed by atoms with E-state index >= 15 is 0 Å². The molecule has 1 N–H and O–H groups in total. The van der Waals surface area contributed by atoms with Gasteiger partial charge in [-0.05, 0) is 46.2 Å². The van der Waals surface area contributed by atoms with Gasteiger partial charge in [0.1, 0.15) is 0 Å². The number of nitro benzene ring substituents is 1. The first kappa shape index (κ1) is 16.2. The van der Waals surface area contributed by atoms with Gasteiger partial charge in [0.05, 0.1) is 15.5 Å². The Morgan fingerprint density at radius 3 is 2.62 bits per heavy atom. The summed E-state index contributed by atoms with van der Waals surface area (Å²) in [6.07, 6.45) is 0. The summed E-state index contributed by atoms with van der Waals surface area (Å²) in [5.41, 5.74) is 2.71. The van der Waals surface area contributed by atoms with Crippen molar-refractivity contribution in [2.24, 2.45) is 0 Å². The summed E-state index contributed by atoms with van der Waals surface area (Å²) in [6.45, 7) is 0. The highest BCUT2D eigenvalue weighted by Crippen LogP contribution is 2.26. The number of hydrogen-bond donors (Lipinski definition) is 1. The predicted molar refractivity (Wildman–Crippen MR) is 95.8 cm³/mol. The molecule has 0 aliphatic carbocycles. The minimum Gasteiger partial charge on any atom is -0.322 e. The maximum absolute atomic E-state index is 12.4. The number of nitrogens with one attached hydrogen (secondary N) is 1. The molecule has 0 aliphatic rings. The molecule has 2 aromatic carbocycles. The summed E-state index contributed by atoms with van der Waals surface area (Å²) >= 11 is 7.58. The summed E-state index contributed by atoms with van der Waals surface area (Å²) in [4.78, 5) is 22.5. The van der Waals surface area contributed by atoms with Crippen molar-refractivity contribution in [3.63, 3.8) is 0 Å². The molecule has 0 radical (unpaired) electrons. The highest BCUT2D eigenvalue weighted by Gasteiger charge is 2.15. The minimum absolute atomic E-state index is 0.0377. The SMILES string of the molecule is O=C(Nc1cccc(-c2ccsc2)c1)c1ccc([N+](=O)[O-])cc1Cl. The zero-order valence-corrected chi connectivity index (χ0v) is 13.8. The van der Waals surface area contributed by atoms with E-state index in [-0.39, 0.29) is 16.3 Å². The van der Waals surface area contributed by atoms with Gasteiger partial charge < -0.3 is 5.32 Å². The lowest BCUT2D eigenvalue weighted by molar-refractivity contribution is -0.384. The van der Waals surface area contributed by atoms with Crippen LogP contribution in [0.15, 0.2) is 59.3 Å². The highest BCUT2D eigenvalue weighted by atomic mass is 35.5. The molecule has 0 bridgehead atoms. The molecule has 5 nitrogen and oxygen atoms in total. The Morgan fingerprint density at radius 2 is 1.96 bits per heavy atom. The summed E-state index contributed by atoms with van der Waals surface area (Å²) in [5, 5.41) is 17.5. The lowest BCUT2D eigenvalue weighted by Gasteiger charge is -2.08. The average molecular weight is 359 g/mol. The molecule has 0 spiro atoms. The first-order valence-corrected chi connectivity index (χ1v) is 8.24. The van der Waals surface area contributed by atoms with Gasteiger partial charge in [0.2, 0.25) is 0 Å². The van der Waals surface area contributed by atoms with Gasteiger partial charge in [-0.2, -0.15) is 11.3 Å². The molecule has 0 aliphatic heterocycles. The normalized spacial score (nSPS) is 10.4. The highest BCUT2D eigenvalue weighted by molar-refractivity contribution is 7.08. The van der Waals surface area contributed by atoms with Gasteiger partial charge in [-0.1, -0.05) is 23.7 Å². The number of benzene rings is 2. The van der Waals surface area contributed by atoms with Crippen LogP contribution >= 0.6 is 22.9 Å². The monoisotopic (exact) mass is 358 g/mol. The molecule has 120 valence electrons. The third-order valence-corrected chi connectivity index (χ3v) is 4.38. The van der Waals surface area contributed by atoms with Crippen molar-refractivity contribution in [3.8, 4) is 11.1 Å². The fourth-order valence-electron chi connectivity index (χ4n) is 2.21. The van der Waals surface area contributed by atoms with Crippen LogP contribution in [0.4, 0.5) is 11.4 Å². The molecule has 1 amide bonds. The van der Waals surface area contributed by atoms with E-state index in [9.17, 15) is 14.9 Å². The summed E-state index contributed by atoms with van der Waals surface area (Å²) < 4.78 is 0. The zero-order chi connectivity index (χ0) is 17.1. The van der Waals surface area contributed by atoms with Crippen molar-refractivity contribution in [1.82, 2.24) is 0 Å². The molecule has 0 fully saturated rings. The van der Waals surface area contributed by atoms with Crippen molar-refractivity contribution in [1.29, 1.82) is 0 Å². The van der Waals surface area contributed by atoms with Gasteiger partial charge in [-0.15, -0.1) is 0 Å². The van der Waals surface area contributed by atoms with Gasteiger partial charge in [0.15, 0.2) is 0 Å². The van der Waals surface area contributed by atoms with Crippen LogP contribution in [-0.2, 0) is 0 Å². The van der Waals surface area contributed by atoms with Crippen LogP contribution in [0.3, 0.4) is 0 Å². The van der Waals surface area contributed by atoms with Crippen LogP contribution in [0.1, 0.15) is 10.4 Å². The Morgan fingerprint density at radius 1 is 1.12 bits per heavy atom. The van der Waals surface area contributed by atoms with Crippen LogP contribution in [-0.4, -0.2) is 10.8 Å². The molecular weight excluding hydrogens is 348 g/mol. The fraction of sp³-hybridized carbons (Fsp3) is 0. The molecule has 0 saturated carbocycles. The van der Waals surface area contributed by atoms with E-state index in [1.54, 1.807) is 17.4 Å². The van der Waals surface area contributed by atoms with Crippen molar-refractivity contribution < 1.29 is 9.72 Å². The van der Waals surface area contributed by atoms with Gasteiger partial charge >= 0.3 is 0 Å². The second-order valence-electron chi connectivity index (χ2n) is 4.97. The largest absolute Gasteiger partial charge is 0.322 e. The van der Waals surface area contributed by atoms with Gasteiger partial charge in [0.25, 0.3) is 11.6 Å². The second kappa shape index (κ2) is 6.82. The quantitative estimate of drug-likeness (QED) is 0.512. The van der Waals surface area contributed by atoms with E-state index < -0.39 is 10.8 Å². The molecule has 24 heavy (non-hydrogen) atoms. The number of halogens is 1. The Kier molecular flexibility index (Phi) is 4.59. The van der Waals surface area contributed by atoms with Gasteiger partial charge in [-0.3, -0.25) is 14.9 Å². The van der Waals surface area contributed by atoms with Gasteiger partial charge in [0, 0.05) is 17.8 Å². The Hall–Kier alpha value is -2.70. The number of anilines is 1. The van der Waals surface area contributed by atoms with E-state index in [1.807, 2.05) is 35.0 Å². The lowest BCUT2D eigenvalue weighted by atomic mass is 10.1. The molecule has 3 aromatic rings. The van der Waals surface area contributed by atoms with E-state index in [0.717, 1.165) is 17.2 Å². The van der Waals surface area contributed by atoms with E-state index in [0.29, 0.717) is 5.69 Å². The topological polar surface area (TPSA) is 72.2 Å². The number of rotatable bonds is 4. The molecular formula is C17H11ClN2O3S. The molecule has 1 heterocycles. The number of thiophene rings is 1. The summed E-state index contributed by atoms with van der Waals surface area (Å²) in [5.74, 6) is -0.419. The number of carbonyl (C=O) groups excluding carboxylic acids is 1. The zero-order valence-electron chi connectivity index (χ0n) is 12.2. The van der Waals surface area contributed by atoms with E-state index in [1.165, 1.54) is 12.1 Å². The van der Waals surface area contributed by atoms with Crippen LogP contribution in [0.2, 0.25) is 5.02 Å². The molecule has 1 aromatic heterocycles. The fourth-order valence-corrected chi connectivity index (χ4v) is 3.13. The maximum Gasteiger partial charge on any atom is 0.270 e.